The Morgan fingerprint density at radius 2 is 1.82 bits per heavy atom. The first kappa shape index (κ1) is 25.5. The Kier molecular flexibility index (Phi) is 6.24. The van der Waals surface area contributed by atoms with E-state index in [-0.39, 0.29) is 11.1 Å². The van der Waals surface area contributed by atoms with E-state index < -0.39 is 29.3 Å². The molecular formula is C28H26F3N5O2. The van der Waals surface area contributed by atoms with Crippen molar-refractivity contribution in [2.24, 2.45) is 0 Å². The van der Waals surface area contributed by atoms with Crippen molar-refractivity contribution in [2.45, 2.75) is 31.7 Å². The quantitative estimate of drug-likeness (QED) is 0.323. The predicted octanol–water partition coefficient (Wildman–Crippen LogP) is 5.50. The Labute approximate surface area is 217 Å². The summed E-state index contributed by atoms with van der Waals surface area (Å²) in [6.45, 7) is 3.33. The molecule has 5 rings (SSSR count). The molecule has 2 aromatic carbocycles. The summed E-state index contributed by atoms with van der Waals surface area (Å²) in [5.74, 6) is -0.223. The summed E-state index contributed by atoms with van der Waals surface area (Å²) in [6, 6.07) is 15.3. The third-order valence-corrected chi connectivity index (χ3v) is 6.41. The molecule has 10 heteroatoms. The molecule has 1 aliphatic rings. The molecule has 196 valence electrons. The van der Waals surface area contributed by atoms with Crippen LogP contribution in [0.2, 0.25) is 0 Å². The summed E-state index contributed by atoms with van der Waals surface area (Å²) >= 11 is 0. The molecule has 0 saturated carbocycles. The van der Waals surface area contributed by atoms with Gasteiger partial charge in [-0.05, 0) is 61.4 Å². The van der Waals surface area contributed by atoms with Gasteiger partial charge in [0.05, 0.1) is 17.2 Å². The van der Waals surface area contributed by atoms with Crippen LogP contribution in [0.4, 0.5) is 19.0 Å². The van der Waals surface area contributed by atoms with Crippen molar-refractivity contribution in [3.05, 3.63) is 101 Å². The molecule has 0 radical (unpaired) electrons. The number of halogens is 3. The molecule has 38 heavy (non-hydrogen) atoms. The van der Waals surface area contributed by atoms with Crippen LogP contribution in [0.25, 0.3) is 16.9 Å². The van der Waals surface area contributed by atoms with E-state index in [1.165, 1.54) is 12.1 Å². The number of aromatic nitrogens is 2. The van der Waals surface area contributed by atoms with Crippen LogP contribution >= 0.6 is 0 Å². The third-order valence-electron chi connectivity index (χ3n) is 6.41. The fourth-order valence-corrected chi connectivity index (χ4v) is 4.43. The number of amides is 1. The Hall–Kier alpha value is -4.15. The van der Waals surface area contributed by atoms with Gasteiger partial charge in [0.2, 0.25) is 0 Å². The van der Waals surface area contributed by atoms with Gasteiger partial charge in [0, 0.05) is 30.6 Å². The number of carbonyl (C=O) groups is 1. The van der Waals surface area contributed by atoms with Gasteiger partial charge >= 0.3 is 6.18 Å². The number of rotatable bonds is 5. The largest absolute Gasteiger partial charge is 0.416 e. The Morgan fingerprint density at radius 1 is 1.08 bits per heavy atom. The van der Waals surface area contributed by atoms with Crippen molar-refractivity contribution in [3.8, 4) is 11.3 Å². The number of nitrogens with one attached hydrogen (secondary N) is 2. The lowest BCUT2D eigenvalue weighted by atomic mass is 9.97. The first-order chi connectivity index (χ1) is 17.9. The minimum absolute atomic E-state index is 0.0537. The standard InChI is InChI=1S/C28H26F3N5O2/c1-27(2,38)19-11-14-36-23(16-19)32-24(17-7-5-4-6-8-17)25(36)33-26(37)18-9-10-21(28(29,30)31)20(15-18)22-12-13-35(3)34-22/h4-16,22,34,38H,1-3H3,(H,33,37). The van der Waals surface area contributed by atoms with Gasteiger partial charge in [0.25, 0.3) is 5.91 Å². The number of carbonyl (C=O) groups excluding carboxylic acids is 1. The Morgan fingerprint density at radius 3 is 2.45 bits per heavy atom. The van der Waals surface area contributed by atoms with E-state index >= 15 is 0 Å². The maximum absolute atomic E-state index is 13.8. The zero-order chi connectivity index (χ0) is 27.2. The number of fused-ring (bicyclic) bond motifs is 1. The van der Waals surface area contributed by atoms with Gasteiger partial charge in [0.15, 0.2) is 0 Å². The van der Waals surface area contributed by atoms with Crippen molar-refractivity contribution in [1.29, 1.82) is 0 Å². The van der Waals surface area contributed by atoms with Crippen LogP contribution in [-0.4, -0.2) is 32.5 Å². The number of hydrazine groups is 1. The molecule has 1 atom stereocenters. The van der Waals surface area contributed by atoms with E-state index in [0.717, 1.165) is 11.6 Å². The molecule has 1 unspecified atom stereocenters. The number of alkyl halides is 3. The third kappa shape index (κ3) is 4.88. The van der Waals surface area contributed by atoms with Crippen LogP contribution in [0.1, 0.15) is 46.9 Å². The highest BCUT2D eigenvalue weighted by Crippen LogP contribution is 2.37. The average Bonchev–Trinajstić information content (AvgIpc) is 3.46. The number of aliphatic hydroxyl groups is 1. The van der Waals surface area contributed by atoms with Gasteiger partial charge < -0.3 is 15.4 Å². The highest BCUT2D eigenvalue weighted by molar-refractivity contribution is 6.06. The van der Waals surface area contributed by atoms with E-state index in [0.29, 0.717) is 22.7 Å². The molecular weight excluding hydrogens is 495 g/mol. The molecule has 0 fully saturated rings. The van der Waals surface area contributed by atoms with Crippen molar-refractivity contribution < 1.29 is 23.1 Å². The Balaban J connectivity index is 1.58. The summed E-state index contributed by atoms with van der Waals surface area (Å²) in [5.41, 5.74) is 3.39. The maximum Gasteiger partial charge on any atom is 0.416 e. The lowest BCUT2D eigenvalue weighted by Crippen LogP contribution is -2.28. The first-order valence-corrected chi connectivity index (χ1v) is 11.9. The lowest BCUT2D eigenvalue weighted by Gasteiger charge is -2.20. The van der Waals surface area contributed by atoms with Gasteiger partial charge in [-0.3, -0.25) is 9.20 Å². The van der Waals surface area contributed by atoms with Crippen molar-refractivity contribution >= 4 is 17.4 Å². The van der Waals surface area contributed by atoms with Gasteiger partial charge in [-0.2, -0.15) is 13.2 Å². The number of hydrogen-bond donors (Lipinski definition) is 3. The van der Waals surface area contributed by atoms with Gasteiger partial charge in [-0.15, -0.1) is 0 Å². The second-order valence-corrected chi connectivity index (χ2v) is 9.69. The summed E-state index contributed by atoms with van der Waals surface area (Å²) < 4.78 is 43.0. The number of imidazole rings is 1. The number of pyridine rings is 1. The highest BCUT2D eigenvalue weighted by atomic mass is 19.4. The molecule has 7 nitrogen and oxygen atoms in total. The molecule has 0 bridgehead atoms. The second kappa shape index (κ2) is 9.30. The smallest absolute Gasteiger partial charge is 0.386 e. The number of anilines is 1. The summed E-state index contributed by atoms with van der Waals surface area (Å²) in [7, 11) is 1.68. The van der Waals surface area contributed by atoms with Crippen LogP contribution in [0, 0.1) is 0 Å². The van der Waals surface area contributed by atoms with Crippen molar-refractivity contribution in [1.82, 2.24) is 19.8 Å². The van der Waals surface area contributed by atoms with Crippen molar-refractivity contribution in [3.63, 3.8) is 0 Å². The van der Waals surface area contributed by atoms with Crippen LogP contribution in [0.15, 0.2) is 79.1 Å². The normalized spacial score (nSPS) is 15.9. The molecule has 3 heterocycles. The van der Waals surface area contributed by atoms with E-state index in [2.05, 4.69) is 10.7 Å². The molecule has 1 aliphatic heterocycles. The molecule has 1 amide bonds. The van der Waals surface area contributed by atoms with Gasteiger partial charge in [-0.25, -0.2) is 10.4 Å². The molecule has 4 aromatic rings. The summed E-state index contributed by atoms with van der Waals surface area (Å²) in [5, 5.41) is 14.9. The molecule has 0 aliphatic carbocycles. The molecule has 0 spiro atoms. The minimum atomic E-state index is -4.58. The second-order valence-electron chi connectivity index (χ2n) is 9.69. The highest BCUT2D eigenvalue weighted by Gasteiger charge is 2.36. The SMILES string of the molecule is CN1C=CC(c2cc(C(=O)Nc3c(-c4ccccc4)nc4cc(C(C)(C)O)ccn34)ccc2C(F)(F)F)N1. The zero-order valence-corrected chi connectivity index (χ0v) is 20.9. The number of nitrogens with zero attached hydrogens (tertiary/aromatic N) is 3. The zero-order valence-electron chi connectivity index (χ0n) is 20.9. The van der Waals surface area contributed by atoms with E-state index in [1.54, 1.807) is 60.9 Å². The molecule has 0 saturated heterocycles. The topological polar surface area (TPSA) is 81.9 Å². The van der Waals surface area contributed by atoms with Crippen LogP contribution < -0.4 is 10.7 Å². The van der Waals surface area contributed by atoms with Crippen molar-refractivity contribution in [2.75, 3.05) is 12.4 Å². The van der Waals surface area contributed by atoms with E-state index in [9.17, 15) is 23.1 Å². The van der Waals surface area contributed by atoms with Crippen LogP contribution in [0.3, 0.4) is 0 Å². The van der Waals surface area contributed by atoms with E-state index in [1.807, 2.05) is 30.3 Å². The first-order valence-electron chi connectivity index (χ1n) is 11.9. The van der Waals surface area contributed by atoms with Crippen LogP contribution in [0.5, 0.6) is 0 Å². The van der Waals surface area contributed by atoms with Gasteiger partial charge in [-0.1, -0.05) is 30.3 Å². The molecule has 3 N–H and O–H groups in total. The predicted molar refractivity (Wildman–Crippen MR) is 138 cm³/mol. The fourth-order valence-electron chi connectivity index (χ4n) is 4.43. The average molecular weight is 522 g/mol. The Bertz CT molecular complexity index is 1540. The minimum Gasteiger partial charge on any atom is -0.386 e. The lowest BCUT2D eigenvalue weighted by molar-refractivity contribution is -0.138. The number of benzene rings is 2. The summed E-state index contributed by atoms with van der Waals surface area (Å²) in [4.78, 5) is 18.1. The van der Waals surface area contributed by atoms with Crippen LogP contribution in [-0.2, 0) is 11.8 Å². The number of hydrogen-bond acceptors (Lipinski definition) is 5. The fraction of sp³-hybridized carbons (Fsp3) is 0.214. The van der Waals surface area contributed by atoms with E-state index in [4.69, 9.17) is 4.98 Å². The monoisotopic (exact) mass is 521 g/mol. The maximum atomic E-state index is 13.8. The molecule has 2 aromatic heterocycles. The van der Waals surface area contributed by atoms with Gasteiger partial charge in [0.1, 0.15) is 17.2 Å². The summed E-state index contributed by atoms with van der Waals surface area (Å²) in [6.07, 6.45) is 0.342.